The zero-order valence-corrected chi connectivity index (χ0v) is 17.8. The Balaban J connectivity index is 2.11. The van der Waals surface area contributed by atoms with Crippen LogP contribution in [0, 0.1) is 11.3 Å². The second-order valence-corrected chi connectivity index (χ2v) is 7.47. The third kappa shape index (κ3) is 4.29. The zero-order chi connectivity index (χ0) is 21.1. The van der Waals surface area contributed by atoms with Crippen molar-refractivity contribution in [3.63, 3.8) is 0 Å². The van der Waals surface area contributed by atoms with Gasteiger partial charge in [0.05, 0.1) is 18.2 Å². The van der Waals surface area contributed by atoms with E-state index in [-0.39, 0.29) is 16.7 Å². The number of rotatable bonds is 5. The van der Waals surface area contributed by atoms with Gasteiger partial charge in [0.25, 0.3) is 5.91 Å². The van der Waals surface area contributed by atoms with Gasteiger partial charge in [-0.15, -0.1) is 12.6 Å². The molecular weight excluding hydrogens is 410 g/mol. The van der Waals surface area contributed by atoms with Crippen LogP contribution in [0.3, 0.4) is 0 Å². The summed E-state index contributed by atoms with van der Waals surface area (Å²) in [5.41, 5.74) is 1.40. The summed E-state index contributed by atoms with van der Waals surface area (Å²) in [4.78, 5) is 14.2. The molecule has 0 fully saturated rings. The molecule has 1 amide bonds. The average Bonchev–Trinajstić information content (AvgIpc) is 2.69. The molecule has 1 heterocycles. The predicted octanol–water partition coefficient (Wildman–Crippen LogP) is 4.44. The lowest BCUT2D eigenvalue weighted by Crippen LogP contribution is -2.46. The van der Waals surface area contributed by atoms with E-state index in [4.69, 9.17) is 21.1 Å². The summed E-state index contributed by atoms with van der Waals surface area (Å²) < 4.78 is 11.2. The fourth-order valence-corrected chi connectivity index (χ4v) is 3.53. The molecule has 0 bridgehead atoms. The highest BCUT2D eigenvalue weighted by atomic mass is 35.5. The van der Waals surface area contributed by atoms with Gasteiger partial charge in [-0.3, -0.25) is 4.79 Å². The molecule has 0 radical (unpaired) electrons. The van der Waals surface area contributed by atoms with Gasteiger partial charge in [0.1, 0.15) is 17.8 Å². The van der Waals surface area contributed by atoms with Crippen LogP contribution in [0.2, 0.25) is 5.02 Å². The third-order valence-electron chi connectivity index (χ3n) is 4.29. The van der Waals surface area contributed by atoms with Crippen molar-refractivity contribution in [2.24, 2.45) is 0 Å². The number of ether oxygens (including phenoxy) is 2. The van der Waals surface area contributed by atoms with Crippen molar-refractivity contribution in [2.45, 2.75) is 26.1 Å². The zero-order valence-electron chi connectivity index (χ0n) is 16.1. The first-order valence-electron chi connectivity index (χ1n) is 8.89. The topological polar surface area (TPSA) is 74.6 Å². The standard InChI is InChI=1S/C21H20ClN3O3S/c1-12(2)28-17-9-4-13(10-18(17)27-3)19-24-20(26)16(11-23)21(29)25(19)15-7-5-14(22)6-8-15/h4-10,12,19,29H,1-3H3,(H,24,26)/t19-/m1/s1. The summed E-state index contributed by atoms with van der Waals surface area (Å²) in [7, 11) is 1.56. The molecule has 1 atom stereocenters. The Morgan fingerprint density at radius 3 is 2.48 bits per heavy atom. The molecule has 3 rings (SSSR count). The number of hydrogen-bond donors (Lipinski definition) is 2. The molecule has 0 unspecified atom stereocenters. The quantitative estimate of drug-likeness (QED) is 0.687. The molecule has 150 valence electrons. The van der Waals surface area contributed by atoms with E-state index >= 15 is 0 Å². The summed E-state index contributed by atoms with van der Waals surface area (Å²) in [6.07, 6.45) is -0.616. The Labute approximate surface area is 180 Å². The second kappa shape index (κ2) is 8.68. The minimum atomic E-state index is -0.602. The van der Waals surface area contributed by atoms with Gasteiger partial charge in [0.15, 0.2) is 11.5 Å². The first-order chi connectivity index (χ1) is 13.8. The van der Waals surface area contributed by atoms with Gasteiger partial charge in [0.2, 0.25) is 0 Å². The average molecular weight is 430 g/mol. The molecule has 29 heavy (non-hydrogen) atoms. The Morgan fingerprint density at radius 2 is 1.90 bits per heavy atom. The van der Waals surface area contributed by atoms with Crippen molar-refractivity contribution in [2.75, 3.05) is 12.0 Å². The highest BCUT2D eigenvalue weighted by molar-refractivity contribution is 7.84. The molecule has 0 aromatic heterocycles. The van der Waals surface area contributed by atoms with Crippen LogP contribution in [0.15, 0.2) is 53.1 Å². The monoisotopic (exact) mass is 429 g/mol. The fourth-order valence-electron chi connectivity index (χ4n) is 3.02. The van der Waals surface area contributed by atoms with Crippen molar-refractivity contribution >= 4 is 35.8 Å². The van der Waals surface area contributed by atoms with E-state index in [9.17, 15) is 10.1 Å². The van der Waals surface area contributed by atoms with Crippen LogP contribution in [0.1, 0.15) is 25.6 Å². The van der Waals surface area contributed by atoms with Crippen LogP contribution in [0.5, 0.6) is 11.5 Å². The van der Waals surface area contributed by atoms with Gasteiger partial charge in [0, 0.05) is 10.7 Å². The van der Waals surface area contributed by atoms with Crippen molar-refractivity contribution in [3.8, 4) is 17.6 Å². The number of carbonyl (C=O) groups is 1. The maximum atomic E-state index is 12.5. The van der Waals surface area contributed by atoms with E-state index in [0.29, 0.717) is 16.5 Å². The Bertz CT molecular complexity index is 999. The number of thiol groups is 1. The summed E-state index contributed by atoms with van der Waals surface area (Å²) in [6, 6.07) is 14.4. The van der Waals surface area contributed by atoms with Crippen LogP contribution in [0.25, 0.3) is 0 Å². The van der Waals surface area contributed by atoms with E-state index in [0.717, 1.165) is 11.3 Å². The fraction of sp³-hybridized carbons (Fsp3) is 0.238. The minimum absolute atomic E-state index is 0.0140. The number of methoxy groups -OCH3 is 1. The number of nitrogens with zero attached hydrogens (tertiary/aromatic N) is 2. The number of benzene rings is 2. The van der Waals surface area contributed by atoms with Crippen molar-refractivity contribution in [1.82, 2.24) is 5.32 Å². The van der Waals surface area contributed by atoms with E-state index in [2.05, 4.69) is 17.9 Å². The molecule has 0 saturated carbocycles. The normalized spacial score (nSPS) is 16.5. The van der Waals surface area contributed by atoms with E-state index in [1.54, 1.807) is 48.4 Å². The number of amides is 1. The first kappa shape index (κ1) is 20.9. The van der Waals surface area contributed by atoms with Gasteiger partial charge in [-0.05, 0) is 55.8 Å². The van der Waals surface area contributed by atoms with Crippen molar-refractivity contribution in [3.05, 3.63) is 63.7 Å². The number of hydrogen-bond acceptors (Lipinski definition) is 6. The molecule has 8 heteroatoms. The highest BCUT2D eigenvalue weighted by Gasteiger charge is 2.34. The molecule has 1 aliphatic heterocycles. The maximum absolute atomic E-state index is 12.5. The van der Waals surface area contributed by atoms with Crippen LogP contribution in [-0.2, 0) is 4.79 Å². The number of anilines is 1. The van der Waals surface area contributed by atoms with Crippen LogP contribution < -0.4 is 19.7 Å². The Hall–Kier alpha value is -2.82. The minimum Gasteiger partial charge on any atom is -0.493 e. The SMILES string of the molecule is COc1cc([C@@H]2NC(=O)C(C#N)=C(S)N2c2ccc(Cl)cc2)ccc1OC(C)C. The lowest BCUT2D eigenvalue weighted by molar-refractivity contribution is -0.118. The predicted molar refractivity (Wildman–Crippen MR) is 115 cm³/mol. The summed E-state index contributed by atoms with van der Waals surface area (Å²) in [5, 5.41) is 13.1. The number of carbonyl (C=O) groups excluding carboxylic acids is 1. The molecule has 0 aliphatic carbocycles. The van der Waals surface area contributed by atoms with E-state index < -0.39 is 12.1 Å². The Kier molecular flexibility index (Phi) is 6.26. The lowest BCUT2D eigenvalue weighted by atomic mass is 10.1. The molecular formula is C21H20ClN3O3S. The van der Waals surface area contributed by atoms with Crippen molar-refractivity contribution < 1.29 is 14.3 Å². The second-order valence-electron chi connectivity index (χ2n) is 6.61. The summed E-state index contributed by atoms with van der Waals surface area (Å²) >= 11 is 10.5. The highest BCUT2D eigenvalue weighted by Crippen LogP contribution is 2.39. The number of nitrogens with one attached hydrogen (secondary N) is 1. The van der Waals surface area contributed by atoms with Gasteiger partial charge >= 0.3 is 0 Å². The van der Waals surface area contributed by atoms with Crippen LogP contribution in [0.4, 0.5) is 5.69 Å². The van der Waals surface area contributed by atoms with Gasteiger partial charge in [-0.25, -0.2) is 0 Å². The molecule has 6 nitrogen and oxygen atoms in total. The third-order valence-corrected chi connectivity index (χ3v) is 4.98. The molecule has 2 aromatic rings. The lowest BCUT2D eigenvalue weighted by Gasteiger charge is -2.38. The smallest absolute Gasteiger partial charge is 0.266 e. The van der Waals surface area contributed by atoms with Crippen LogP contribution >= 0.6 is 24.2 Å². The van der Waals surface area contributed by atoms with Crippen LogP contribution in [-0.4, -0.2) is 19.1 Å². The number of halogens is 1. The Morgan fingerprint density at radius 1 is 1.21 bits per heavy atom. The van der Waals surface area contributed by atoms with E-state index in [1.807, 2.05) is 26.0 Å². The van der Waals surface area contributed by atoms with Crippen molar-refractivity contribution in [1.29, 1.82) is 5.26 Å². The maximum Gasteiger partial charge on any atom is 0.266 e. The van der Waals surface area contributed by atoms with E-state index in [1.165, 1.54) is 0 Å². The largest absolute Gasteiger partial charge is 0.493 e. The molecule has 1 aliphatic rings. The molecule has 1 N–H and O–H groups in total. The summed E-state index contributed by atoms with van der Waals surface area (Å²) in [6.45, 7) is 3.86. The molecule has 0 saturated heterocycles. The first-order valence-corrected chi connectivity index (χ1v) is 9.71. The number of nitriles is 1. The molecule has 0 spiro atoms. The van der Waals surface area contributed by atoms with Gasteiger partial charge < -0.3 is 19.7 Å². The summed E-state index contributed by atoms with van der Waals surface area (Å²) in [5.74, 6) is 0.650. The van der Waals surface area contributed by atoms with Gasteiger partial charge in [-0.2, -0.15) is 5.26 Å². The molecule has 2 aromatic carbocycles. The van der Waals surface area contributed by atoms with Gasteiger partial charge in [-0.1, -0.05) is 17.7 Å².